The first-order valence-corrected chi connectivity index (χ1v) is 8.81. The number of carbonyl (C=O) groups excluding carboxylic acids is 1. The number of carboxylic acid groups (broad SMARTS) is 1. The standard InChI is InChI=1S/C17H14Br2N2O5/c1-25-14-7-10(6-13(19)16(14)26-9-15(22)23)8-20-21-17(24)11-4-2-3-5-12(11)18/h2-8H,9H2,1H3,(H,21,24)(H,22,23)/b20-8-. The molecule has 0 saturated carbocycles. The van der Waals surface area contributed by atoms with Crippen LogP contribution < -0.4 is 14.9 Å². The van der Waals surface area contributed by atoms with E-state index in [0.717, 1.165) is 0 Å². The summed E-state index contributed by atoms with van der Waals surface area (Å²) in [5.74, 6) is -0.857. The van der Waals surface area contributed by atoms with Gasteiger partial charge >= 0.3 is 5.97 Å². The van der Waals surface area contributed by atoms with E-state index in [1.165, 1.54) is 13.3 Å². The highest BCUT2D eigenvalue weighted by molar-refractivity contribution is 9.10. The lowest BCUT2D eigenvalue weighted by atomic mass is 10.2. The quantitative estimate of drug-likeness (QED) is 0.462. The van der Waals surface area contributed by atoms with Crippen LogP contribution in [0.1, 0.15) is 15.9 Å². The molecule has 136 valence electrons. The second-order valence-electron chi connectivity index (χ2n) is 4.90. The molecule has 0 aliphatic carbocycles. The van der Waals surface area contributed by atoms with Gasteiger partial charge in [0, 0.05) is 4.47 Å². The van der Waals surface area contributed by atoms with Gasteiger partial charge in [-0.25, -0.2) is 10.2 Å². The Morgan fingerprint density at radius 2 is 1.96 bits per heavy atom. The van der Waals surface area contributed by atoms with E-state index in [1.807, 2.05) is 6.07 Å². The average molecular weight is 486 g/mol. The van der Waals surface area contributed by atoms with Crippen LogP contribution >= 0.6 is 31.9 Å². The number of carboxylic acids is 1. The van der Waals surface area contributed by atoms with E-state index in [4.69, 9.17) is 14.6 Å². The van der Waals surface area contributed by atoms with Crippen molar-refractivity contribution >= 4 is 50.0 Å². The molecule has 0 saturated heterocycles. The molecule has 0 bridgehead atoms. The smallest absolute Gasteiger partial charge is 0.341 e. The summed E-state index contributed by atoms with van der Waals surface area (Å²) in [6.07, 6.45) is 1.43. The van der Waals surface area contributed by atoms with E-state index >= 15 is 0 Å². The molecule has 0 aromatic heterocycles. The molecule has 9 heteroatoms. The highest BCUT2D eigenvalue weighted by Crippen LogP contribution is 2.36. The largest absolute Gasteiger partial charge is 0.493 e. The molecule has 0 aliphatic heterocycles. The van der Waals surface area contributed by atoms with Crippen LogP contribution in [0.2, 0.25) is 0 Å². The number of aliphatic carboxylic acids is 1. The van der Waals surface area contributed by atoms with Gasteiger partial charge in [-0.15, -0.1) is 0 Å². The molecule has 0 spiro atoms. The predicted molar refractivity (Wildman–Crippen MR) is 103 cm³/mol. The molecule has 0 fully saturated rings. The van der Waals surface area contributed by atoms with Crippen LogP contribution in [0.15, 0.2) is 50.4 Å². The Labute approximate surface area is 166 Å². The number of nitrogens with one attached hydrogen (secondary N) is 1. The van der Waals surface area contributed by atoms with Gasteiger partial charge in [-0.1, -0.05) is 12.1 Å². The van der Waals surface area contributed by atoms with Crippen molar-refractivity contribution in [3.63, 3.8) is 0 Å². The van der Waals surface area contributed by atoms with Crippen LogP contribution in [0.5, 0.6) is 11.5 Å². The van der Waals surface area contributed by atoms with Crippen LogP contribution in [0, 0.1) is 0 Å². The van der Waals surface area contributed by atoms with Gasteiger partial charge in [-0.2, -0.15) is 5.10 Å². The number of rotatable bonds is 7. The number of amides is 1. The molecule has 1 amide bonds. The Hall–Kier alpha value is -2.39. The molecule has 2 rings (SSSR count). The summed E-state index contributed by atoms with van der Waals surface area (Å²) in [5.41, 5.74) is 3.51. The summed E-state index contributed by atoms with van der Waals surface area (Å²) in [5, 5.41) is 12.6. The van der Waals surface area contributed by atoms with Gasteiger partial charge in [-0.3, -0.25) is 4.79 Å². The van der Waals surface area contributed by atoms with Crippen LogP contribution in [0.4, 0.5) is 0 Å². The Morgan fingerprint density at radius 1 is 1.23 bits per heavy atom. The number of carbonyl (C=O) groups is 2. The fourth-order valence-electron chi connectivity index (χ4n) is 1.96. The lowest BCUT2D eigenvalue weighted by Gasteiger charge is -2.12. The zero-order valence-electron chi connectivity index (χ0n) is 13.5. The average Bonchev–Trinajstić information content (AvgIpc) is 2.60. The number of methoxy groups -OCH3 is 1. The van der Waals surface area contributed by atoms with Crippen molar-refractivity contribution in [2.45, 2.75) is 0 Å². The Kier molecular flexibility index (Phi) is 7.16. The molecule has 2 aromatic carbocycles. The molecule has 0 heterocycles. The van der Waals surface area contributed by atoms with Gasteiger partial charge < -0.3 is 14.6 Å². The second-order valence-corrected chi connectivity index (χ2v) is 6.60. The van der Waals surface area contributed by atoms with Gasteiger partial charge in [0.25, 0.3) is 5.91 Å². The molecule has 0 atom stereocenters. The minimum atomic E-state index is -1.10. The summed E-state index contributed by atoms with van der Waals surface area (Å²) >= 11 is 6.61. The van der Waals surface area contributed by atoms with Gasteiger partial charge in [0.1, 0.15) is 0 Å². The molecule has 26 heavy (non-hydrogen) atoms. The van der Waals surface area contributed by atoms with Crippen molar-refractivity contribution in [1.82, 2.24) is 5.43 Å². The van der Waals surface area contributed by atoms with Crippen molar-refractivity contribution in [2.75, 3.05) is 13.7 Å². The third-order valence-corrected chi connectivity index (χ3v) is 4.37. The van der Waals surface area contributed by atoms with Crippen molar-refractivity contribution in [2.24, 2.45) is 5.10 Å². The lowest BCUT2D eigenvalue weighted by molar-refractivity contribution is -0.139. The van der Waals surface area contributed by atoms with E-state index in [9.17, 15) is 9.59 Å². The van der Waals surface area contributed by atoms with Crippen molar-refractivity contribution in [1.29, 1.82) is 0 Å². The van der Waals surface area contributed by atoms with Gasteiger partial charge in [-0.05, 0) is 61.7 Å². The van der Waals surface area contributed by atoms with E-state index < -0.39 is 12.6 Å². The van der Waals surface area contributed by atoms with Crippen LogP contribution in [0.3, 0.4) is 0 Å². The van der Waals surface area contributed by atoms with Crippen LogP contribution in [0.25, 0.3) is 0 Å². The van der Waals surface area contributed by atoms with Gasteiger partial charge in [0.2, 0.25) is 0 Å². The molecule has 2 aromatic rings. The summed E-state index contributed by atoms with van der Waals surface area (Å²) in [7, 11) is 1.44. The highest BCUT2D eigenvalue weighted by atomic mass is 79.9. The molecular formula is C17H14Br2N2O5. The number of nitrogens with zero attached hydrogens (tertiary/aromatic N) is 1. The van der Waals surface area contributed by atoms with E-state index in [-0.39, 0.29) is 11.7 Å². The number of hydrogen-bond donors (Lipinski definition) is 2. The molecule has 0 radical (unpaired) electrons. The summed E-state index contributed by atoms with van der Waals surface area (Å²) < 4.78 is 11.6. The van der Waals surface area contributed by atoms with Gasteiger partial charge in [0.15, 0.2) is 18.1 Å². The fourth-order valence-corrected chi connectivity index (χ4v) is 3.00. The maximum Gasteiger partial charge on any atom is 0.341 e. The van der Waals surface area contributed by atoms with E-state index in [1.54, 1.807) is 30.3 Å². The zero-order chi connectivity index (χ0) is 19.1. The first kappa shape index (κ1) is 19.9. The number of ether oxygens (including phenoxy) is 2. The molecule has 7 nitrogen and oxygen atoms in total. The number of hydrazone groups is 1. The van der Waals surface area contributed by atoms with Crippen molar-refractivity contribution in [3.05, 3.63) is 56.5 Å². The molecule has 0 unspecified atom stereocenters. The fraction of sp³-hybridized carbons (Fsp3) is 0.118. The Balaban J connectivity index is 2.13. The monoisotopic (exact) mass is 484 g/mol. The van der Waals surface area contributed by atoms with Gasteiger partial charge in [0.05, 0.1) is 23.4 Å². The first-order chi connectivity index (χ1) is 12.4. The highest BCUT2D eigenvalue weighted by Gasteiger charge is 2.13. The molecular weight excluding hydrogens is 472 g/mol. The summed E-state index contributed by atoms with van der Waals surface area (Å²) in [4.78, 5) is 22.7. The predicted octanol–water partition coefficient (Wildman–Crippen LogP) is 3.45. The minimum Gasteiger partial charge on any atom is -0.493 e. The number of benzene rings is 2. The number of halogens is 2. The van der Waals surface area contributed by atoms with Crippen molar-refractivity contribution in [3.8, 4) is 11.5 Å². The Morgan fingerprint density at radius 3 is 2.62 bits per heavy atom. The third-order valence-electron chi connectivity index (χ3n) is 3.09. The summed E-state index contributed by atoms with van der Waals surface area (Å²) in [6, 6.07) is 10.3. The zero-order valence-corrected chi connectivity index (χ0v) is 16.7. The SMILES string of the molecule is COc1cc(/C=N\NC(=O)c2ccccc2Br)cc(Br)c1OCC(=O)O. The van der Waals surface area contributed by atoms with Crippen LogP contribution in [-0.2, 0) is 4.79 Å². The van der Waals surface area contributed by atoms with E-state index in [0.29, 0.717) is 25.8 Å². The maximum absolute atomic E-state index is 12.1. The molecule has 0 aliphatic rings. The number of hydrogen-bond acceptors (Lipinski definition) is 5. The van der Waals surface area contributed by atoms with Crippen molar-refractivity contribution < 1.29 is 24.2 Å². The first-order valence-electron chi connectivity index (χ1n) is 7.22. The third kappa shape index (κ3) is 5.30. The normalized spacial score (nSPS) is 10.6. The lowest BCUT2D eigenvalue weighted by Crippen LogP contribution is -2.18. The topological polar surface area (TPSA) is 97.2 Å². The minimum absolute atomic E-state index is 0.268. The summed E-state index contributed by atoms with van der Waals surface area (Å²) in [6.45, 7) is -0.496. The second kappa shape index (κ2) is 9.35. The van der Waals surface area contributed by atoms with Crippen LogP contribution in [-0.4, -0.2) is 36.9 Å². The van der Waals surface area contributed by atoms with E-state index in [2.05, 4.69) is 42.4 Å². The Bertz CT molecular complexity index is 855. The molecule has 2 N–H and O–H groups in total. The maximum atomic E-state index is 12.1.